The van der Waals surface area contributed by atoms with Gasteiger partial charge < -0.3 is 15.5 Å². The number of amides is 2. The van der Waals surface area contributed by atoms with Gasteiger partial charge in [-0.25, -0.2) is 0 Å². The third kappa shape index (κ3) is 2.97. The highest BCUT2D eigenvalue weighted by atomic mass is 16.2. The minimum Gasteiger partial charge on any atom is -0.353 e. The standard InChI is InChI=1S/C12H21N3O2/c1-8-5-10(3-4-13-8)14-12(17)9-6-11(16)15(2)7-9/h8-10,13H,3-7H2,1-2H3,(H,14,17)/t8-,9-,10+/m1/s1. The van der Waals surface area contributed by atoms with E-state index in [1.165, 1.54) is 0 Å². The molecule has 2 aliphatic rings. The summed E-state index contributed by atoms with van der Waals surface area (Å²) < 4.78 is 0. The molecule has 0 aromatic rings. The second kappa shape index (κ2) is 5.04. The minimum atomic E-state index is -0.155. The molecule has 0 spiro atoms. The Morgan fingerprint density at radius 3 is 2.88 bits per heavy atom. The molecule has 2 rings (SSSR count). The molecule has 2 heterocycles. The van der Waals surface area contributed by atoms with Gasteiger partial charge in [0.05, 0.1) is 5.92 Å². The fourth-order valence-corrected chi connectivity index (χ4v) is 2.62. The molecule has 0 unspecified atom stereocenters. The van der Waals surface area contributed by atoms with Crippen LogP contribution in [0.4, 0.5) is 0 Å². The van der Waals surface area contributed by atoms with Crippen molar-refractivity contribution in [3.05, 3.63) is 0 Å². The van der Waals surface area contributed by atoms with Crippen molar-refractivity contribution >= 4 is 11.8 Å². The Bertz CT molecular complexity index is 319. The first kappa shape index (κ1) is 12.4. The first-order valence-corrected chi connectivity index (χ1v) is 6.34. The number of carbonyl (C=O) groups is 2. The van der Waals surface area contributed by atoms with E-state index in [2.05, 4.69) is 17.6 Å². The van der Waals surface area contributed by atoms with Crippen LogP contribution in [-0.2, 0) is 9.59 Å². The zero-order valence-corrected chi connectivity index (χ0v) is 10.5. The van der Waals surface area contributed by atoms with E-state index in [-0.39, 0.29) is 23.8 Å². The lowest BCUT2D eigenvalue weighted by Crippen LogP contribution is -2.48. The minimum absolute atomic E-state index is 0.0433. The molecular weight excluding hydrogens is 218 g/mol. The molecule has 2 saturated heterocycles. The van der Waals surface area contributed by atoms with E-state index in [1.807, 2.05) is 0 Å². The number of piperidine rings is 1. The van der Waals surface area contributed by atoms with Crippen molar-refractivity contribution in [2.24, 2.45) is 5.92 Å². The van der Waals surface area contributed by atoms with Gasteiger partial charge in [-0.1, -0.05) is 0 Å². The Morgan fingerprint density at radius 1 is 1.53 bits per heavy atom. The van der Waals surface area contributed by atoms with E-state index in [1.54, 1.807) is 11.9 Å². The second-order valence-electron chi connectivity index (χ2n) is 5.26. The highest BCUT2D eigenvalue weighted by Gasteiger charge is 2.33. The number of nitrogens with zero attached hydrogens (tertiary/aromatic N) is 1. The molecule has 2 amide bonds. The van der Waals surface area contributed by atoms with Crippen molar-refractivity contribution in [1.29, 1.82) is 0 Å². The lowest BCUT2D eigenvalue weighted by molar-refractivity contribution is -0.128. The molecule has 3 atom stereocenters. The molecule has 2 aliphatic heterocycles. The zero-order chi connectivity index (χ0) is 12.4. The van der Waals surface area contributed by atoms with Gasteiger partial charge in [-0.05, 0) is 26.3 Å². The average Bonchev–Trinajstić information content (AvgIpc) is 2.59. The molecule has 0 bridgehead atoms. The van der Waals surface area contributed by atoms with E-state index in [4.69, 9.17) is 0 Å². The van der Waals surface area contributed by atoms with Crippen LogP contribution in [0.15, 0.2) is 0 Å². The normalized spacial score (nSPS) is 33.9. The molecule has 17 heavy (non-hydrogen) atoms. The van der Waals surface area contributed by atoms with E-state index in [0.717, 1.165) is 19.4 Å². The van der Waals surface area contributed by atoms with Gasteiger partial charge in [-0.3, -0.25) is 9.59 Å². The summed E-state index contributed by atoms with van der Waals surface area (Å²) in [5.74, 6) is -0.0386. The summed E-state index contributed by atoms with van der Waals surface area (Å²) in [6.07, 6.45) is 2.32. The van der Waals surface area contributed by atoms with Gasteiger partial charge in [0.15, 0.2) is 0 Å². The quantitative estimate of drug-likeness (QED) is 0.697. The van der Waals surface area contributed by atoms with Crippen LogP contribution in [0, 0.1) is 5.92 Å². The molecular formula is C12H21N3O2. The third-order valence-electron chi connectivity index (χ3n) is 3.68. The van der Waals surface area contributed by atoms with Crippen molar-refractivity contribution in [2.75, 3.05) is 20.1 Å². The maximum absolute atomic E-state index is 12.0. The summed E-state index contributed by atoms with van der Waals surface area (Å²) in [6, 6.07) is 0.724. The summed E-state index contributed by atoms with van der Waals surface area (Å²) in [4.78, 5) is 25.0. The molecule has 0 radical (unpaired) electrons. The second-order valence-corrected chi connectivity index (χ2v) is 5.26. The van der Waals surface area contributed by atoms with Gasteiger partial charge >= 0.3 is 0 Å². The first-order valence-electron chi connectivity index (χ1n) is 6.34. The molecule has 0 aromatic carbocycles. The Morgan fingerprint density at radius 2 is 2.29 bits per heavy atom. The molecule has 5 heteroatoms. The maximum atomic E-state index is 12.0. The monoisotopic (exact) mass is 239 g/mol. The van der Waals surface area contributed by atoms with Crippen LogP contribution in [0.1, 0.15) is 26.2 Å². The van der Waals surface area contributed by atoms with E-state index in [9.17, 15) is 9.59 Å². The van der Waals surface area contributed by atoms with Gasteiger partial charge in [0.25, 0.3) is 0 Å². The van der Waals surface area contributed by atoms with Gasteiger partial charge in [-0.2, -0.15) is 0 Å². The summed E-state index contributed by atoms with van der Waals surface area (Å²) in [5, 5.41) is 6.43. The van der Waals surface area contributed by atoms with Gasteiger partial charge in [0.2, 0.25) is 11.8 Å². The summed E-state index contributed by atoms with van der Waals surface area (Å²) >= 11 is 0. The average molecular weight is 239 g/mol. The Hall–Kier alpha value is -1.10. The topological polar surface area (TPSA) is 61.4 Å². The summed E-state index contributed by atoms with van der Waals surface area (Å²) in [7, 11) is 1.75. The number of nitrogens with one attached hydrogen (secondary N) is 2. The fraction of sp³-hybridized carbons (Fsp3) is 0.833. The van der Waals surface area contributed by atoms with Gasteiger partial charge in [0.1, 0.15) is 0 Å². The van der Waals surface area contributed by atoms with Crippen LogP contribution in [0.3, 0.4) is 0 Å². The van der Waals surface area contributed by atoms with Crippen molar-refractivity contribution in [3.8, 4) is 0 Å². The fourth-order valence-electron chi connectivity index (χ4n) is 2.62. The number of rotatable bonds is 2. The highest BCUT2D eigenvalue weighted by molar-refractivity contribution is 5.89. The van der Waals surface area contributed by atoms with Crippen LogP contribution in [0.25, 0.3) is 0 Å². The van der Waals surface area contributed by atoms with Gasteiger partial charge in [0, 0.05) is 32.1 Å². The SMILES string of the molecule is C[C@@H]1C[C@@H](NC(=O)[C@@H]2CC(=O)N(C)C2)CCN1. The van der Waals surface area contributed by atoms with Crippen LogP contribution >= 0.6 is 0 Å². The summed E-state index contributed by atoms with van der Waals surface area (Å²) in [6.45, 7) is 3.64. The van der Waals surface area contributed by atoms with Crippen LogP contribution in [0.5, 0.6) is 0 Å². The van der Waals surface area contributed by atoms with Crippen LogP contribution in [0.2, 0.25) is 0 Å². The van der Waals surface area contributed by atoms with E-state index >= 15 is 0 Å². The molecule has 96 valence electrons. The molecule has 2 N–H and O–H groups in total. The number of hydrogen-bond acceptors (Lipinski definition) is 3. The number of likely N-dealkylation sites (tertiary alicyclic amines) is 1. The van der Waals surface area contributed by atoms with Crippen LogP contribution in [-0.4, -0.2) is 48.9 Å². The van der Waals surface area contributed by atoms with Crippen molar-refractivity contribution in [3.63, 3.8) is 0 Å². The van der Waals surface area contributed by atoms with E-state index < -0.39 is 0 Å². The lowest BCUT2D eigenvalue weighted by Gasteiger charge is -2.29. The Labute approximate surface area is 102 Å². The molecule has 0 saturated carbocycles. The van der Waals surface area contributed by atoms with E-state index in [0.29, 0.717) is 19.0 Å². The zero-order valence-electron chi connectivity index (χ0n) is 10.5. The largest absolute Gasteiger partial charge is 0.353 e. The van der Waals surface area contributed by atoms with Crippen molar-refractivity contribution in [2.45, 2.75) is 38.3 Å². The van der Waals surface area contributed by atoms with Crippen molar-refractivity contribution in [1.82, 2.24) is 15.5 Å². The molecule has 0 aromatic heterocycles. The number of hydrogen-bond donors (Lipinski definition) is 2. The molecule has 0 aliphatic carbocycles. The predicted molar refractivity (Wildman–Crippen MR) is 64.4 cm³/mol. The maximum Gasteiger partial charge on any atom is 0.225 e. The van der Waals surface area contributed by atoms with Crippen molar-refractivity contribution < 1.29 is 9.59 Å². The Kier molecular flexibility index (Phi) is 3.66. The van der Waals surface area contributed by atoms with Gasteiger partial charge in [-0.15, -0.1) is 0 Å². The summed E-state index contributed by atoms with van der Waals surface area (Å²) in [5.41, 5.74) is 0. The molecule has 5 nitrogen and oxygen atoms in total. The lowest BCUT2D eigenvalue weighted by atomic mass is 9.99. The predicted octanol–water partition coefficient (Wildman–Crippen LogP) is -0.279. The first-order chi connectivity index (χ1) is 8.06. The van der Waals surface area contributed by atoms with Crippen LogP contribution < -0.4 is 10.6 Å². The molecule has 2 fully saturated rings. The number of carbonyl (C=O) groups excluding carboxylic acids is 2. The third-order valence-corrected chi connectivity index (χ3v) is 3.68. The smallest absolute Gasteiger partial charge is 0.225 e. The Balaban J connectivity index is 1.83. The highest BCUT2D eigenvalue weighted by Crippen LogP contribution is 2.17.